The Bertz CT molecular complexity index is 423. The quantitative estimate of drug-likeness (QED) is 0.819. The van der Waals surface area contributed by atoms with Gasteiger partial charge in [0.25, 0.3) is 0 Å². The number of halogens is 1. The van der Waals surface area contributed by atoms with Gasteiger partial charge in [-0.2, -0.15) is 0 Å². The molecule has 0 unspecified atom stereocenters. The summed E-state index contributed by atoms with van der Waals surface area (Å²) < 4.78 is 14.8. The molecule has 0 amide bonds. The lowest BCUT2D eigenvalue weighted by Crippen LogP contribution is -2.36. The smallest absolute Gasteiger partial charge is 0.100 e. The van der Waals surface area contributed by atoms with Gasteiger partial charge in [-0.25, -0.2) is 8.51 Å². The largest absolute Gasteiger partial charge is 0.242 e. The van der Waals surface area contributed by atoms with Crippen molar-refractivity contribution >= 4 is 33.9 Å². The molecule has 2 nitrogen and oxygen atoms in total. The normalized spacial score (nSPS) is 16.2. The van der Waals surface area contributed by atoms with Crippen LogP contribution in [0.3, 0.4) is 0 Å². The average molecular weight is 294 g/mol. The zero-order chi connectivity index (χ0) is 13.4. The second-order valence-corrected chi connectivity index (χ2v) is 9.20. The number of thiophene rings is 1. The van der Waals surface area contributed by atoms with Crippen molar-refractivity contribution in [3.05, 3.63) is 20.8 Å². The van der Waals surface area contributed by atoms with Gasteiger partial charge in [0.05, 0.1) is 15.1 Å². The first-order chi connectivity index (χ1) is 7.64. The first-order valence-electron chi connectivity index (χ1n) is 5.55. The maximum atomic E-state index is 12.3. The lowest BCUT2D eigenvalue weighted by atomic mass is 10.2. The van der Waals surface area contributed by atoms with Gasteiger partial charge in [-0.3, -0.25) is 0 Å². The second-order valence-electron chi connectivity index (χ2n) is 5.18. The van der Waals surface area contributed by atoms with E-state index in [-0.39, 0.29) is 10.8 Å². The van der Waals surface area contributed by atoms with Crippen LogP contribution in [0.5, 0.6) is 0 Å². The van der Waals surface area contributed by atoms with Gasteiger partial charge in [-0.15, -0.1) is 11.3 Å². The summed E-state index contributed by atoms with van der Waals surface area (Å²) >= 11 is 7.58. The van der Waals surface area contributed by atoms with E-state index in [2.05, 4.69) is 6.92 Å². The van der Waals surface area contributed by atoms with Crippen molar-refractivity contribution in [1.82, 2.24) is 4.31 Å². The van der Waals surface area contributed by atoms with Crippen LogP contribution in [0, 0.1) is 6.92 Å². The van der Waals surface area contributed by atoms with Crippen molar-refractivity contribution in [3.8, 4) is 0 Å². The van der Waals surface area contributed by atoms with Crippen LogP contribution >= 0.6 is 22.9 Å². The van der Waals surface area contributed by atoms with Crippen LogP contribution in [0.2, 0.25) is 4.34 Å². The Morgan fingerprint density at radius 1 is 1.47 bits per heavy atom. The van der Waals surface area contributed by atoms with Gasteiger partial charge in [0.15, 0.2) is 0 Å². The summed E-state index contributed by atoms with van der Waals surface area (Å²) in [5.41, 5.74) is 1.17. The van der Waals surface area contributed by atoms with Crippen LogP contribution in [0.1, 0.15) is 44.2 Å². The van der Waals surface area contributed by atoms with Crippen LogP contribution in [-0.2, 0) is 11.0 Å². The van der Waals surface area contributed by atoms with Gasteiger partial charge in [0, 0.05) is 11.9 Å². The first-order valence-corrected chi connectivity index (χ1v) is 7.85. The third kappa shape index (κ3) is 3.53. The minimum Gasteiger partial charge on any atom is -0.242 e. The topological polar surface area (TPSA) is 20.3 Å². The van der Waals surface area contributed by atoms with E-state index >= 15 is 0 Å². The molecule has 0 N–H and O–H groups in total. The maximum Gasteiger partial charge on any atom is 0.100 e. The summed E-state index contributed by atoms with van der Waals surface area (Å²) in [4.78, 5) is 1.19. The Morgan fingerprint density at radius 2 is 2.00 bits per heavy atom. The van der Waals surface area contributed by atoms with E-state index in [1.165, 1.54) is 10.4 Å². The molecule has 0 aromatic carbocycles. The zero-order valence-electron chi connectivity index (χ0n) is 11.2. The van der Waals surface area contributed by atoms with Crippen molar-refractivity contribution in [3.63, 3.8) is 0 Å². The molecule has 1 aromatic heterocycles. The minimum atomic E-state index is -1.01. The fourth-order valence-corrected chi connectivity index (χ4v) is 4.34. The van der Waals surface area contributed by atoms with Crippen LogP contribution in [0.4, 0.5) is 0 Å². The average Bonchev–Trinajstić information content (AvgIpc) is 2.53. The molecule has 1 aromatic rings. The molecule has 0 radical (unpaired) electrons. The molecule has 0 saturated carbocycles. The molecule has 98 valence electrons. The lowest BCUT2D eigenvalue weighted by Gasteiger charge is -2.30. The highest BCUT2D eigenvalue weighted by Gasteiger charge is 2.28. The van der Waals surface area contributed by atoms with Gasteiger partial charge in [0.2, 0.25) is 0 Å². The molecule has 0 bridgehead atoms. The first kappa shape index (κ1) is 15.2. The van der Waals surface area contributed by atoms with Crippen LogP contribution in [0.15, 0.2) is 6.07 Å². The number of hydrogen-bond donors (Lipinski definition) is 0. The molecule has 0 saturated heterocycles. The standard InChI is InChI=1S/C12H20ClNOS2/c1-8-7-10(13)16-11(8)9(2)14(6)17(15)12(3,4)5/h7,9H,1-6H3/t9-,17+/m0/s1. The molecular formula is C12H20ClNOS2. The SMILES string of the molecule is Cc1cc(Cl)sc1[C@H](C)N(C)[S@](=O)C(C)(C)C. The number of hydrogen-bond acceptors (Lipinski definition) is 2. The van der Waals surface area contributed by atoms with E-state index in [0.29, 0.717) is 0 Å². The Labute approximate surface area is 116 Å². The fraction of sp³-hybridized carbons (Fsp3) is 0.667. The predicted molar refractivity (Wildman–Crippen MR) is 78.1 cm³/mol. The molecule has 0 aliphatic rings. The third-order valence-corrected chi connectivity index (χ3v) is 6.06. The van der Waals surface area contributed by atoms with Gasteiger partial charge in [0.1, 0.15) is 11.0 Å². The number of nitrogens with zero attached hydrogens (tertiary/aromatic N) is 1. The summed E-state index contributed by atoms with van der Waals surface area (Å²) in [5.74, 6) is 0. The second kappa shape index (κ2) is 5.39. The number of aryl methyl sites for hydroxylation is 1. The molecule has 17 heavy (non-hydrogen) atoms. The Morgan fingerprint density at radius 3 is 2.35 bits per heavy atom. The maximum absolute atomic E-state index is 12.3. The number of rotatable bonds is 3. The van der Waals surface area contributed by atoms with E-state index in [4.69, 9.17) is 11.6 Å². The van der Waals surface area contributed by atoms with Gasteiger partial charge in [-0.05, 0) is 46.2 Å². The van der Waals surface area contributed by atoms with Crippen molar-refractivity contribution in [2.24, 2.45) is 0 Å². The molecule has 0 aliphatic heterocycles. The predicted octanol–water partition coefficient (Wildman–Crippen LogP) is 4.16. The van der Waals surface area contributed by atoms with Crippen LogP contribution in [0.25, 0.3) is 0 Å². The Kier molecular flexibility index (Phi) is 4.81. The molecule has 0 fully saturated rings. The van der Waals surface area contributed by atoms with E-state index in [1.807, 2.05) is 45.1 Å². The van der Waals surface area contributed by atoms with Crippen molar-refractivity contribution in [2.45, 2.75) is 45.4 Å². The summed E-state index contributed by atoms with van der Waals surface area (Å²) in [5, 5.41) is 0. The molecule has 0 aliphatic carbocycles. The monoisotopic (exact) mass is 293 g/mol. The highest BCUT2D eigenvalue weighted by atomic mass is 35.5. The Hall–Kier alpha value is 0.1000. The summed E-state index contributed by atoms with van der Waals surface area (Å²) in [6.07, 6.45) is 0. The zero-order valence-corrected chi connectivity index (χ0v) is 13.6. The summed E-state index contributed by atoms with van der Waals surface area (Å²) in [6, 6.07) is 2.08. The third-order valence-electron chi connectivity index (χ3n) is 2.64. The minimum absolute atomic E-state index is 0.118. The highest BCUT2D eigenvalue weighted by molar-refractivity contribution is 7.84. The van der Waals surface area contributed by atoms with Crippen molar-refractivity contribution in [1.29, 1.82) is 0 Å². The lowest BCUT2D eigenvalue weighted by molar-refractivity contribution is 0.421. The molecular weight excluding hydrogens is 274 g/mol. The highest BCUT2D eigenvalue weighted by Crippen LogP contribution is 2.35. The van der Waals surface area contributed by atoms with Crippen LogP contribution in [-0.4, -0.2) is 20.3 Å². The molecule has 5 heteroatoms. The Balaban J connectivity index is 2.94. The van der Waals surface area contributed by atoms with Crippen molar-refractivity contribution in [2.75, 3.05) is 7.05 Å². The van der Waals surface area contributed by atoms with Crippen LogP contribution < -0.4 is 0 Å². The van der Waals surface area contributed by atoms with E-state index in [0.717, 1.165) is 4.34 Å². The molecule has 2 atom stereocenters. The van der Waals surface area contributed by atoms with E-state index < -0.39 is 11.0 Å². The van der Waals surface area contributed by atoms with Crippen molar-refractivity contribution < 1.29 is 4.21 Å². The summed E-state index contributed by atoms with van der Waals surface area (Å²) in [7, 11) is 0.887. The summed E-state index contributed by atoms with van der Waals surface area (Å²) in [6.45, 7) is 10.1. The molecule has 1 heterocycles. The van der Waals surface area contributed by atoms with E-state index in [1.54, 1.807) is 11.3 Å². The fourth-order valence-electron chi connectivity index (χ4n) is 1.61. The van der Waals surface area contributed by atoms with E-state index in [9.17, 15) is 4.21 Å². The van der Waals surface area contributed by atoms with Gasteiger partial charge in [-0.1, -0.05) is 11.6 Å². The molecule has 0 spiro atoms. The van der Waals surface area contributed by atoms with Gasteiger partial charge < -0.3 is 0 Å². The van der Waals surface area contributed by atoms with Gasteiger partial charge >= 0.3 is 0 Å². The molecule has 1 rings (SSSR count).